The molecule has 0 radical (unpaired) electrons. The topological polar surface area (TPSA) is 72.7 Å². The summed E-state index contributed by atoms with van der Waals surface area (Å²) in [6.45, 7) is 2.33. The number of benzene rings is 2. The highest BCUT2D eigenvalue weighted by Gasteiger charge is 2.11. The van der Waals surface area contributed by atoms with Gasteiger partial charge in [-0.1, -0.05) is 42.0 Å². The Morgan fingerprint density at radius 3 is 2.64 bits per heavy atom. The molecule has 3 aromatic rings. The minimum Gasteiger partial charge on any atom is -0.497 e. The van der Waals surface area contributed by atoms with Gasteiger partial charge in [-0.15, -0.1) is 0 Å². The number of nitrogens with zero attached hydrogens (tertiary/aromatic N) is 2. The Kier molecular flexibility index (Phi) is 6.01. The Hall–Kier alpha value is -3.67. The van der Waals surface area contributed by atoms with Gasteiger partial charge in [-0.3, -0.25) is 9.59 Å². The molecule has 1 aromatic heterocycles. The molecule has 6 heteroatoms. The second-order valence-corrected chi connectivity index (χ2v) is 6.32. The maximum atomic E-state index is 12.6. The lowest BCUT2D eigenvalue weighted by atomic mass is 10.2. The third kappa shape index (κ3) is 4.73. The maximum absolute atomic E-state index is 12.6. The Morgan fingerprint density at radius 1 is 1.14 bits per heavy atom. The molecule has 0 saturated heterocycles. The van der Waals surface area contributed by atoms with Crippen molar-refractivity contribution in [2.45, 2.75) is 13.5 Å². The van der Waals surface area contributed by atoms with Crippen molar-refractivity contribution in [3.05, 3.63) is 99.5 Å². The van der Waals surface area contributed by atoms with E-state index < -0.39 is 5.91 Å². The summed E-state index contributed by atoms with van der Waals surface area (Å²) < 4.78 is 6.62. The minimum absolute atomic E-state index is 0.0393. The highest BCUT2D eigenvalue weighted by molar-refractivity contribution is 5.94. The van der Waals surface area contributed by atoms with Crippen molar-refractivity contribution < 1.29 is 9.53 Å². The summed E-state index contributed by atoms with van der Waals surface area (Å²) in [4.78, 5) is 25.0. The van der Waals surface area contributed by atoms with E-state index in [0.29, 0.717) is 6.54 Å². The van der Waals surface area contributed by atoms with E-state index in [-0.39, 0.29) is 11.1 Å². The second-order valence-electron chi connectivity index (χ2n) is 6.32. The number of rotatable bonds is 6. The van der Waals surface area contributed by atoms with Gasteiger partial charge >= 0.3 is 0 Å². The van der Waals surface area contributed by atoms with Gasteiger partial charge in [0.15, 0.2) is 0 Å². The van der Waals surface area contributed by atoms with Crippen molar-refractivity contribution in [3.8, 4) is 5.75 Å². The Bertz CT molecular complexity index is 1050. The average Bonchev–Trinajstić information content (AvgIpc) is 2.70. The number of aryl methyl sites for hydroxylation is 1. The van der Waals surface area contributed by atoms with Gasteiger partial charge in [0, 0.05) is 6.20 Å². The lowest BCUT2D eigenvalue weighted by Gasteiger charge is -2.08. The summed E-state index contributed by atoms with van der Waals surface area (Å²) in [6, 6.07) is 18.3. The van der Waals surface area contributed by atoms with Gasteiger partial charge in [-0.2, -0.15) is 5.10 Å². The normalized spacial score (nSPS) is 10.8. The molecule has 6 nitrogen and oxygen atoms in total. The highest BCUT2D eigenvalue weighted by Crippen LogP contribution is 2.12. The van der Waals surface area contributed by atoms with Gasteiger partial charge in [0.05, 0.1) is 19.9 Å². The predicted molar refractivity (Wildman–Crippen MR) is 109 cm³/mol. The third-order valence-electron chi connectivity index (χ3n) is 4.20. The van der Waals surface area contributed by atoms with Crippen LogP contribution in [0.4, 0.5) is 0 Å². The Morgan fingerprint density at radius 2 is 1.93 bits per heavy atom. The van der Waals surface area contributed by atoms with Gasteiger partial charge < -0.3 is 9.30 Å². The van der Waals surface area contributed by atoms with Crippen LogP contribution in [-0.2, 0) is 6.54 Å². The number of amides is 1. The van der Waals surface area contributed by atoms with Gasteiger partial charge in [0.25, 0.3) is 11.5 Å². The fraction of sp³-hybridized carbons (Fsp3) is 0.136. The van der Waals surface area contributed by atoms with Crippen molar-refractivity contribution in [2.75, 3.05) is 7.11 Å². The molecule has 0 unspecified atom stereocenters. The van der Waals surface area contributed by atoms with Gasteiger partial charge in [0.1, 0.15) is 11.3 Å². The molecule has 0 aliphatic heterocycles. The number of carbonyl (C=O) groups is 1. The molecule has 1 amide bonds. The van der Waals surface area contributed by atoms with E-state index in [1.807, 2.05) is 55.5 Å². The molecule has 0 fully saturated rings. The van der Waals surface area contributed by atoms with Crippen LogP contribution in [0.15, 0.2) is 76.8 Å². The molecule has 3 rings (SSSR count). The van der Waals surface area contributed by atoms with Gasteiger partial charge in [-0.05, 0) is 42.3 Å². The molecule has 0 aliphatic rings. The molecule has 0 aliphatic carbocycles. The van der Waals surface area contributed by atoms with E-state index >= 15 is 0 Å². The fourth-order valence-corrected chi connectivity index (χ4v) is 2.74. The van der Waals surface area contributed by atoms with E-state index in [1.165, 1.54) is 10.6 Å². The number of nitrogens with one attached hydrogen (secondary N) is 1. The van der Waals surface area contributed by atoms with Crippen LogP contribution >= 0.6 is 0 Å². The quantitative estimate of drug-likeness (QED) is 0.532. The van der Waals surface area contributed by atoms with Crippen molar-refractivity contribution in [3.63, 3.8) is 0 Å². The number of hydrazone groups is 1. The standard InChI is InChI=1S/C22H21N3O3/c1-16-5-3-6-18(13-16)14-23-24-21(26)20-7-4-12-25(22(20)27)15-17-8-10-19(28-2)11-9-17/h3-14H,15H2,1-2H3,(H,24,26)/b23-14-. The average molecular weight is 375 g/mol. The molecular formula is C22H21N3O3. The Balaban J connectivity index is 1.72. The molecule has 142 valence electrons. The van der Waals surface area contributed by atoms with E-state index in [1.54, 1.807) is 25.6 Å². The zero-order chi connectivity index (χ0) is 19.9. The minimum atomic E-state index is -0.544. The van der Waals surface area contributed by atoms with Crippen LogP contribution in [0, 0.1) is 6.92 Å². The number of methoxy groups -OCH3 is 1. The van der Waals surface area contributed by atoms with Crippen molar-refractivity contribution in [1.29, 1.82) is 0 Å². The summed E-state index contributed by atoms with van der Waals surface area (Å²) in [6.07, 6.45) is 3.20. The van der Waals surface area contributed by atoms with Gasteiger partial charge in [-0.25, -0.2) is 5.43 Å². The number of carbonyl (C=O) groups excluding carboxylic acids is 1. The number of aromatic nitrogens is 1. The SMILES string of the molecule is COc1ccc(Cn2cccc(C(=O)N/N=C\c3cccc(C)c3)c2=O)cc1. The van der Waals surface area contributed by atoms with E-state index in [9.17, 15) is 9.59 Å². The molecule has 0 atom stereocenters. The monoisotopic (exact) mass is 375 g/mol. The second kappa shape index (κ2) is 8.81. The molecule has 1 heterocycles. The summed E-state index contributed by atoms with van der Waals surface area (Å²) >= 11 is 0. The number of ether oxygens (including phenoxy) is 1. The first kappa shape index (κ1) is 19.1. The lowest BCUT2D eigenvalue weighted by molar-refractivity contribution is 0.0953. The first-order valence-electron chi connectivity index (χ1n) is 8.79. The van der Waals surface area contributed by atoms with Crippen molar-refractivity contribution >= 4 is 12.1 Å². The number of hydrogen-bond acceptors (Lipinski definition) is 4. The number of hydrogen-bond donors (Lipinski definition) is 1. The summed E-state index contributed by atoms with van der Waals surface area (Å²) in [5, 5.41) is 3.95. The van der Waals surface area contributed by atoms with Crippen molar-refractivity contribution in [1.82, 2.24) is 9.99 Å². The van der Waals surface area contributed by atoms with Crippen molar-refractivity contribution in [2.24, 2.45) is 5.10 Å². The first-order valence-corrected chi connectivity index (χ1v) is 8.79. The predicted octanol–water partition coefficient (Wildman–Crippen LogP) is 2.98. The van der Waals surface area contributed by atoms with Crippen LogP contribution < -0.4 is 15.7 Å². The van der Waals surface area contributed by atoms with Crippen LogP contribution in [0.2, 0.25) is 0 Å². The summed E-state index contributed by atoms with van der Waals surface area (Å²) in [7, 11) is 1.60. The zero-order valence-electron chi connectivity index (χ0n) is 15.8. The van der Waals surface area contributed by atoms with Crippen LogP contribution in [0.3, 0.4) is 0 Å². The van der Waals surface area contributed by atoms with Crippen LogP contribution in [0.5, 0.6) is 5.75 Å². The molecule has 1 N–H and O–H groups in total. The van der Waals surface area contributed by atoms with E-state index in [4.69, 9.17) is 4.74 Å². The molecule has 28 heavy (non-hydrogen) atoms. The zero-order valence-corrected chi connectivity index (χ0v) is 15.8. The van der Waals surface area contributed by atoms with Gasteiger partial charge in [0.2, 0.25) is 0 Å². The Labute approximate surface area is 163 Å². The first-order chi connectivity index (χ1) is 13.6. The molecule has 0 bridgehead atoms. The fourth-order valence-electron chi connectivity index (χ4n) is 2.74. The smallest absolute Gasteiger partial charge is 0.276 e. The summed E-state index contributed by atoms with van der Waals surface area (Å²) in [5.41, 5.74) is 4.97. The largest absolute Gasteiger partial charge is 0.497 e. The van der Waals surface area contributed by atoms with Crippen LogP contribution in [-0.4, -0.2) is 23.8 Å². The van der Waals surface area contributed by atoms with Crippen LogP contribution in [0.1, 0.15) is 27.0 Å². The van der Waals surface area contributed by atoms with Crippen LogP contribution in [0.25, 0.3) is 0 Å². The molecular weight excluding hydrogens is 354 g/mol. The highest BCUT2D eigenvalue weighted by atomic mass is 16.5. The van der Waals surface area contributed by atoms with E-state index in [0.717, 1.165) is 22.4 Å². The molecule has 0 saturated carbocycles. The lowest BCUT2D eigenvalue weighted by Crippen LogP contribution is -2.30. The number of pyridine rings is 1. The molecule has 2 aromatic carbocycles. The maximum Gasteiger partial charge on any atom is 0.276 e. The molecule has 0 spiro atoms. The third-order valence-corrected chi connectivity index (χ3v) is 4.20. The summed E-state index contributed by atoms with van der Waals surface area (Å²) in [5.74, 6) is 0.202. The van der Waals surface area contributed by atoms with E-state index in [2.05, 4.69) is 10.5 Å².